The Kier molecular flexibility index (Phi) is 3.09. The lowest BCUT2D eigenvalue weighted by Crippen LogP contribution is -2.01. The predicted molar refractivity (Wildman–Crippen MR) is 67.5 cm³/mol. The summed E-state index contributed by atoms with van der Waals surface area (Å²) < 4.78 is 5.08. The van der Waals surface area contributed by atoms with Gasteiger partial charge in [-0.15, -0.1) is 0 Å². The summed E-state index contributed by atoms with van der Waals surface area (Å²) in [6, 6.07) is 7.53. The molecule has 88 valence electrons. The molecule has 0 unspecified atom stereocenters. The van der Waals surface area contributed by atoms with E-state index in [-0.39, 0.29) is 0 Å². The van der Waals surface area contributed by atoms with Gasteiger partial charge in [-0.05, 0) is 31.2 Å². The maximum Gasteiger partial charge on any atom is 0.227 e. The molecule has 0 aliphatic carbocycles. The lowest BCUT2D eigenvalue weighted by Gasteiger charge is -2.07. The van der Waals surface area contributed by atoms with E-state index in [1.54, 1.807) is 13.3 Å². The molecule has 2 aromatic rings. The first-order valence-electron chi connectivity index (χ1n) is 5.19. The number of nitrogens with zero attached hydrogens (tertiary/aromatic N) is 2. The maximum absolute atomic E-state index is 5.65. The van der Waals surface area contributed by atoms with E-state index in [0.717, 1.165) is 17.1 Å². The Hall–Kier alpha value is -2.30. The lowest BCUT2D eigenvalue weighted by atomic mass is 10.3. The minimum Gasteiger partial charge on any atom is -0.497 e. The number of methoxy groups -OCH3 is 1. The zero-order valence-electron chi connectivity index (χ0n) is 9.77. The van der Waals surface area contributed by atoms with Crippen LogP contribution in [-0.4, -0.2) is 17.1 Å². The zero-order valence-corrected chi connectivity index (χ0v) is 9.77. The maximum atomic E-state index is 5.65. The van der Waals surface area contributed by atoms with E-state index in [4.69, 9.17) is 10.5 Å². The van der Waals surface area contributed by atoms with Crippen molar-refractivity contribution in [3.05, 3.63) is 36.2 Å². The van der Waals surface area contributed by atoms with Crippen LogP contribution >= 0.6 is 0 Å². The minimum atomic E-state index is 0.530. The van der Waals surface area contributed by atoms with Crippen LogP contribution in [0.5, 0.6) is 5.75 Å². The monoisotopic (exact) mass is 230 g/mol. The molecule has 0 aliphatic rings. The van der Waals surface area contributed by atoms with Gasteiger partial charge in [-0.1, -0.05) is 0 Å². The van der Waals surface area contributed by atoms with Gasteiger partial charge in [-0.25, -0.2) is 9.97 Å². The highest BCUT2D eigenvalue weighted by Crippen LogP contribution is 2.18. The Bertz CT molecular complexity index is 510. The molecule has 1 aromatic carbocycles. The molecule has 5 nitrogen and oxygen atoms in total. The molecule has 0 aliphatic heterocycles. The topological polar surface area (TPSA) is 73.1 Å². The largest absolute Gasteiger partial charge is 0.497 e. The molecule has 1 heterocycles. The molecule has 2 rings (SSSR count). The van der Waals surface area contributed by atoms with E-state index < -0.39 is 0 Å². The number of anilines is 3. The third-order valence-electron chi connectivity index (χ3n) is 2.36. The van der Waals surface area contributed by atoms with E-state index in [1.807, 2.05) is 31.2 Å². The molecule has 3 N–H and O–H groups in total. The van der Waals surface area contributed by atoms with E-state index in [9.17, 15) is 0 Å². The van der Waals surface area contributed by atoms with Crippen molar-refractivity contribution in [1.29, 1.82) is 0 Å². The second kappa shape index (κ2) is 4.69. The quantitative estimate of drug-likeness (QED) is 0.844. The fourth-order valence-corrected chi connectivity index (χ4v) is 1.34. The number of nitrogens with two attached hydrogens (primary N) is 1. The van der Waals surface area contributed by atoms with Gasteiger partial charge < -0.3 is 15.8 Å². The lowest BCUT2D eigenvalue weighted by molar-refractivity contribution is 0.415. The van der Waals surface area contributed by atoms with Crippen LogP contribution in [0.15, 0.2) is 30.5 Å². The van der Waals surface area contributed by atoms with Crippen LogP contribution in [0.25, 0.3) is 0 Å². The Labute approximate surface area is 99.7 Å². The average Bonchev–Trinajstić information content (AvgIpc) is 2.35. The number of rotatable bonds is 3. The second-order valence-corrected chi connectivity index (χ2v) is 3.59. The van der Waals surface area contributed by atoms with E-state index in [1.165, 1.54) is 0 Å². The summed E-state index contributed by atoms with van der Waals surface area (Å²) >= 11 is 0. The highest BCUT2D eigenvalue weighted by molar-refractivity contribution is 5.55. The summed E-state index contributed by atoms with van der Waals surface area (Å²) in [4.78, 5) is 8.33. The van der Waals surface area contributed by atoms with Crippen molar-refractivity contribution in [2.24, 2.45) is 0 Å². The minimum absolute atomic E-state index is 0.530. The van der Waals surface area contributed by atoms with Crippen LogP contribution in [-0.2, 0) is 0 Å². The van der Waals surface area contributed by atoms with Gasteiger partial charge in [-0.2, -0.15) is 0 Å². The average molecular weight is 230 g/mol. The number of hydrogen-bond donors (Lipinski definition) is 2. The van der Waals surface area contributed by atoms with Gasteiger partial charge in [0.05, 0.1) is 24.7 Å². The molecular weight excluding hydrogens is 216 g/mol. The summed E-state index contributed by atoms with van der Waals surface area (Å²) in [5.74, 6) is 1.34. The van der Waals surface area contributed by atoms with Crippen LogP contribution in [0.4, 0.5) is 17.3 Å². The first-order valence-corrected chi connectivity index (χ1v) is 5.19. The molecular formula is C12H14N4O. The number of hydrogen-bond acceptors (Lipinski definition) is 5. The predicted octanol–water partition coefficient (Wildman–Crippen LogP) is 2.12. The van der Waals surface area contributed by atoms with Crippen LogP contribution in [0.1, 0.15) is 5.69 Å². The van der Waals surface area contributed by atoms with Crippen molar-refractivity contribution in [2.45, 2.75) is 6.92 Å². The number of aromatic nitrogens is 2. The molecule has 17 heavy (non-hydrogen) atoms. The third kappa shape index (κ3) is 2.63. The van der Waals surface area contributed by atoms with Crippen molar-refractivity contribution < 1.29 is 4.74 Å². The number of aryl methyl sites for hydroxylation is 1. The summed E-state index contributed by atoms with van der Waals surface area (Å²) in [5.41, 5.74) is 7.90. The molecule has 0 radical (unpaired) electrons. The van der Waals surface area contributed by atoms with Gasteiger partial charge >= 0.3 is 0 Å². The Morgan fingerprint density at radius 2 is 1.94 bits per heavy atom. The molecule has 0 bridgehead atoms. The SMILES string of the molecule is COc1ccc(Nc2ncc(N)c(C)n2)cc1. The number of benzene rings is 1. The first kappa shape index (κ1) is 11.2. The molecule has 0 fully saturated rings. The van der Waals surface area contributed by atoms with Gasteiger partial charge in [0.15, 0.2) is 0 Å². The normalized spacial score (nSPS) is 10.0. The smallest absolute Gasteiger partial charge is 0.227 e. The molecule has 5 heteroatoms. The summed E-state index contributed by atoms with van der Waals surface area (Å²) in [7, 11) is 1.63. The standard InChI is InChI=1S/C12H14N4O/c1-8-11(13)7-14-12(15-8)16-9-3-5-10(17-2)6-4-9/h3-7H,13H2,1-2H3,(H,14,15,16). The van der Waals surface area contributed by atoms with Crippen molar-refractivity contribution in [1.82, 2.24) is 9.97 Å². The fourth-order valence-electron chi connectivity index (χ4n) is 1.34. The van der Waals surface area contributed by atoms with E-state index in [2.05, 4.69) is 15.3 Å². The van der Waals surface area contributed by atoms with Crippen LogP contribution in [0.3, 0.4) is 0 Å². The van der Waals surface area contributed by atoms with Crippen molar-refractivity contribution in [3.8, 4) is 5.75 Å². The summed E-state index contributed by atoms with van der Waals surface area (Å²) in [6.07, 6.45) is 1.59. The molecule has 1 aromatic heterocycles. The second-order valence-electron chi connectivity index (χ2n) is 3.59. The van der Waals surface area contributed by atoms with Gasteiger partial charge in [0.1, 0.15) is 5.75 Å². The van der Waals surface area contributed by atoms with Crippen molar-refractivity contribution >= 4 is 17.3 Å². The van der Waals surface area contributed by atoms with Gasteiger partial charge in [0, 0.05) is 5.69 Å². The highest BCUT2D eigenvalue weighted by atomic mass is 16.5. The van der Waals surface area contributed by atoms with E-state index in [0.29, 0.717) is 11.6 Å². The fraction of sp³-hybridized carbons (Fsp3) is 0.167. The third-order valence-corrected chi connectivity index (χ3v) is 2.36. The number of ether oxygens (including phenoxy) is 1. The Morgan fingerprint density at radius 1 is 1.24 bits per heavy atom. The molecule has 0 saturated carbocycles. The van der Waals surface area contributed by atoms with Gasteiger partial charge in [-0.3, -0.25) is 0 Å². The van der Waals surface area contributed by atoms with Crippen molar-refractivity contribution in [3.63, 3.8) is 0 Å². The Balaban J connectivity index is 2.16. The Morgan fingerprint density at radius 3 is 2.53 bits per heavy atom. The molecule has 0 amide bonds. The zero-order chi connectivity index (χ0) is 12.3. The highest BCUT2D eigenvalue weighted by Gasteiger charge is 2.01. The molecule has 0 saturated heterocycles. The van der Waals surface area contributed by atoms with Crippen LogP contribution in [0.2, 0.25) is 0 Å². The molecule has 0 spiro atoms. The summed E-state index contributed by atoms with van der Waals surface area (Å²) in [5, 5.41) is 3.09. The van der Waals surface area contributed by atoms with Gasteiger partial charge in [0.2, 0.25) is 5.95 Å². The number of nitrogens with one attached hydrogen (secondary N) is 1. The van der Waals surface area contributed by atoms with Gasteiger partial charge in [0.25, 0.3) is 0 Å². The summed E-state index contributed by atoms with van der Waals surface area (Å²) in [6.45, 7) is 1.84. The van der Waals surface area contributed by atoms with Crippen molar-refractivity contribution in [2.75, 3.05) is 18.2 Å². The van der Waals surface area contributed by atoms with E-state index >= 15 is 0 Å². The molecule has 0 atom stereocenters. The first-order chi connectivity index (χ1) is 8.19. The van der Waals surface area contributed by atoms with Crippen LogP contribution in [0, 0.1) is 6.92 Å². The number of nitrogen functional groups attached to an aromatic ring is 1. The van der Waals surface area contributed by atoms with Crippen LogP contribution < -0.4 is 15.8 Å².